The normalized spacial score (nSPS) is 17.7. The molecule has 1 aliphatic heterocycles. The topological polar surface area (TPSA) is 132 Å². The number of nitrogens with zero attached hydrogens (tertiary/aromatic N) is 4. The van der Waals surface area contributed by atoms with E-state index in [0.29, 0.717) is 14.9 Å². The lowest BCUT2D eigenvalue weighted by Crippen LogP contribution is -2.54. The van der Waals surface area contributed by atoms with Crippen LogP contribution >= 0.6 is 24.0 Å². The van der Waals surface area contributed by atoms with E-state index in [9.17, 15) is 25.2 Å². The summed E-state index contributed by atoms with van der Waals surface area (Å²) in [6.07, 6.45) is 0.434. The van der Waals surface area contributed by atoms with Crippen molar-refractivity contribution in [2.45, 2.75) is 24.8 Å². The van der Waals surface area contributed by atoms with Gasteiger partial charge in [0.2, 0.25) is 0 Å². The van der Waals surface area contributed by atoms with Crippen LogP contribution in [0, 0.1) is 10.1 Å². The van der Waals surface area contributed by atoms with Gasteiger partial charge < -0.3 is 10.4 Å². The van der Waals surface area contributed by atoms with E-state index in [4.69, 9.17) is 12.2 Å². The molecule has 1 fully saturated rings. The third-order valence-corrected chi connectivity index (χ3v) is 5.95. The van der Waals surface area contributed by atoms with E-state index in [2.05, 4.69) is 10.4 Å². The van der Waals surface area contributed by atoms with Crippen molar-refractivity contribution in [2.24, 2.45) is 5.10 Å². The van der Waals surface area contributed by atoms with E-state index in [1.54, 1.807) is 32.0 Å². The molecule has 2 amide bonds. The van der Waals surface area contributed by atoms with Crippen molar-refractivity contribution in [3.05, 3.63) is 64.2 Å². The van der Waals surface area contributed by atoms with Gasteiger partial charge >= 0.3 is 6.03 Å². The van der Waals surface area contributed by atoms with Crippen LogP contribution in [0.2, 0.25) is 0 Å². The van der Waals surface area contributed by atoms with Gasteiger partial charge in [0.1, 0.15) is 5.75 Å². The fourth-order valence-electron chi connectivity index (χ4n) is 2.91. The Kier molecular flexibility index (Phi) is 6.43. The zero-order valence-corrected chi connectivity index (χ0v) is 18.1. The van der Waals surface area contributed by atoms with Gasteiger partial charge in [-0.3, -0.25) is 15.3 Å². The minimum Gasteiger partial charge on any atom is -0.507 e. The molecule has 3 rings (SSSR count). The smallest absolute Gasteiger partial charge is 0.347 e. The van der Waals surface area contributed by atoms with Crippen LogP contribution in [-0.2, 0) is 0 Å². The van der Waals surface area contributed by atoms with Crippen molar-refractivity contribution in [3.63, 3.8) is 0 Å². The molecular weight excluding hydrogens is 442 g/mol. The molecule has 2 aromatic carbocycles. The molecule has 1 atom stereocenters. The summed E-state index contributed by atoms with van der Waals surface area (Å²) in [6, 6.07) is 10.9. The lowest BCUT2D eigenvalue weighted by atomic mass is 10.1. The Bertz CT molecular complexity index is 1040. The second-order valence-electron chi connectivity index (χ2n) is 7.07. The number of amides is 2. The highest BCUT2D eigenvalue weighted by Gasteiger charge is 2.50. The number of nitrogens with one attached hydrogen (secondary N) is 1. The maximum Gasteiger partial charge on any atom is 0.347 e. The molecule has 1 aliphatic rings. The summed E-state index contributed by atoms with van der Waals surface area (Å²) in [5.74, 6) is 0.0246. The molecule has 0 spiro atoms. The number of anilines is 1. The second-order valence-corrected chi connectivity index (χ2v) is 9.36. The van der Waals surface area contributed by atoms with Crippen molar-refractivity contribution < 1.29 is 20.0 Å². The molecule has 0 saturated carbocycles. The lowest BCUT2D eigenvalue weighted by molar-refractivity contribution is -0.384. The van der Waals surface area contributed by atoms with Crippen LogP contribution in [0.1, 0.15) is 19.4 Å². The molecule has 162 valence electrons. The minimum atomic E-state index is -0.954. The number of aromatic hydroxyl groups is 1. The summed E-state index contributed by atoms with van der Waals surface area (Å²) in [4.78, 5) is 22.9. The summed E-state index contributed by atoms with van der Waals surface area (Å²) >= 11 is 6.63. The zero-order chi connectivity index (χ0) is 22.8. The Morgan fingerprint density at radius 3 is 2.58 bits per heavy atom. The van der Waals surface area contributed by atoms with Crippen LogP contribution in [0.4, 0.5) is 16.2 Å². The molecule has 12 heteroatoms. The Morgan fingerprint density at radius 2 is 1.97 bits per heavy atom. The maximum absolute atomic E-state index is 12.6. The number of carbonyl (C=O) groups excluding carboxylic acids is 1. The van der Waals surface area contributed by atoms with E-state index in [1.807, 2.05) is 0 Å². The average Bonchev–Trinajstić information content (AvgIpc) is 2.94. The standard InChI is InChI=1S/C19H19N5O5S2/c1-19(2)16(22(18(30)31-19)20-11-12-5-3-4-6-15(12)25)23(27)17(26)21-13-7-9-14(10-8-13)24(28)29/h3-11,16,25,27H,1-2H3,(H,21,26)/b20-11-/t16-/m1/s1. The van der Waals surface area contributed by atoms with Gasteiger partial charge in [0, 0.05) is 23.4 Å². The second kappa shape index (κ2) is 8.88. The SMILES string of the molecule is CC1(C)SC(=S)N(/N=C\c2ccccc2O)[C@@H]1N(O)C(=O)Nc1ccc([N+](=O)[O-])cc1. The first-order valence-electron chi connectivity index (χ1n) is 8.98. The van der Waals surface area contributed by atoms with Crippen LogP contribution in [-0.4, -0.2) is 52.8 Å². The number of hydrogen-bond acceptors (Lipinski definition) is 8. The van der Waals surface area contributed by atoms with Gasteiger partial charge in [-0.25, -0.2) is 9.80 Å². The summed E-state index contributed by atoms with van der Waals surface area (Å²) < 4.78 is -0.377. The van der Waals surface area contributed by atoms with Gasteiger partial charge in [-0.2, -0.15) is 10.2 Å². The zero-order valence-electron chi connectivity index (χ0n) is 16.5. The van der Waals surface area contributed by atoms with Gasteiger partial charge in [0.25, 0.3) is 5.69 Å². The highest BCUT2D eigenvalue weighted by Crippen LogP contribution is 2.42. The number of phenolic OH excluding ortho intramolecular Hbond substituents is 1. The number of non-ortho nitro benzene ring substituents is 1. The number of carbonyl (C=O) groups is 1. The van der Waals surface area contributed by atoms with E-state index >= 15 is 0 Å². The van der Waals surface area contributed by atoms with Crippen LogP contribution in [0.25, 0.3) is 0 Å². The monoisotopic (exact) mass is 461 g/mol. The highest BCUT2D eigenvalue weighted by atomic mass is 32.2. The van der Waals surface area contributed by atoms with Crippen molar-refractivity contribution in [1.82, 2.24) is 10.1 Å². The number of urea groups is 1. The summed E-state index contributed by atoms with van der Waals surface area (Å²) in [6.45, 7) is 3.60. The number of hydroxylamine groups is 2. The number of hydrogen-bond donors (Lipinski definition) is 3. The van der Waals surface area contributed by atoms with Crippen LogP contribution in [0.3, 0.4) is 0 Å². The molecule has 31 heavy (non-hydrogen) atoms. The number of thioether (sulfide) groups is 1. The number of nitro groups is 1. The average molecular weight is 462 g/mol. The first kappa shape index (κ1) is 22.5. The molecule has 1 saturated heterocycles. The molecule has 0 unspecified atom stereocenters. The van der Waals surface area contributed by atoms with Crippen LogP contribution in [0.15, 0.2) is 53.6 Å². The van der Waals surface area contributed by atoms with E-state index < -0.39 is 21.9 Å². The van der Waals surface area contributed by atoms with E-state index in [1.165, 1.54) is 53.3 Å². The Balaban J connectivity index is 1.80. The maximum atomic E-state index is 12.6. The lowest BCUT2D eigenvalue weighted by Gasteiger charge is -2.34. The Labute approximate surface area is 187 Å². The Hall–Kier alpha value is -3.22. The van der Waals surface area contributed by atoms with Crippen LogP contribution in [0.5, 0.6) is 5.75 Å². The number of thiocarbonyl (C=S) groups is 1. The van der Waals surface area contributed by atoms with Crippen molar-refractivity contribution in [2.75, 3.05) is 5.32 Å². The van der Waals surface area contributed by atoms with E-state index in [-0.39, 0.29) is 17.1 Å². The van der Waals surface area contributed by atoms with Gasteiger partial charge in [0.05, 0.1) is 15.9 Å². The van der Waals surface area contributed by atoms with Gasteiger partial charge in [0.15, 0.2) is 10.5 Å². The third-order valence-electron chi connectivity index (χ3n) is 4.42. The first-order chi connectivity index (χ1) is 14.6. The van der Waals surface area contributed by atoms with Gasteiger partial charge in [-0.15, -0.1) is 0 Å². The molecule has 0 radical (unpaired) electrons. The van der Waals surface area contributed by atoms with Crippen molar-refractivity contribution in [1.29, 1.82) is 0 Å². The number of hydrazone groups is 1. The fourth-order valence-corrected chi connectivity index (χ4v) is 4.69. The quantitative estimate of drug-likeness (QED) is 0.200. The van der Waals surface area contributed by atoms with Crippen molar-refractivity contribution in [3.8, 4) is 5.75 Å². The summed E-state index contributed by atoms with van der Waals surface area (Å²) in [5, 5.41) is 39.9. The number of nitro benzene ring substituents is 1. The molecule has 1 heterocycles. The highest BCUT2D eigenvalue weighted by molar-refractivity contribution is 8.24. The van der Waals surface area contributed by atoms with Crippen LogP contribution < -0.4 is 5.32 Å². The number of benzene rings is 2. The first-order valence-corrected chi connectivity index (χ1v) is 10.2. The molecule has 0 aromatic heterocycles. The largest absolute Gasteiger partial charge is 0.507 e. The number of phenols is 1. The fraction of sp³-hybridized carbons (Fsp3) is 0.211. The van der Waals surface area contributed by atoms with Gasteiger partial charge in [-0.1, -0.05) is 36.1 Å². The van der Waals surface area contributed by atoms with E-state index in [0.717, 1.165) is 0 Å². The summed E-state index contributed by atoms with van der Waals surface area (Å²) in [7, 11) is 0. The number of para-hydroxylation sites is 1. The third kappa shape index (κ3) is 4.93. The van der Waals surface area contributed by atoms with Crippen molar-refractivity contribution >= 4 is 51.9 Å². The number of rotatable bonds is 5. The Morgan fingerprint density at radius 1 is 1.32 bits per heavy atom. The molecular formula is C19H19N5O5S2. The summed E-state index contributed by atoms with van der Waals surface area (Å²) in [5.41, 5.74) is 0.589. The molecule has 2 aromatic rings. The van der Waals surface area contributed by atoms with Gasteiger partial charge in [-0.05, 0) is 38.1 Å². The molecule has 0 aliphatic carbocycles. The molecule has 3 N–H and O–H groups in total. The molecule has 0 bridgehead atoms. The predicted octanol–water partition coefficient (Wildman–Crippen LogP) is 4.00. The predicted molar refractivity (Wildman–Crippen MR) is 121 cm³/mol. The minimum absolute atomic E-state index is 0.0246. The molecule has 10 nitrogen and oxygen atoms in total.